The lowest BCUT2D eigenvalue weighted by atomic mass is 10.3. The molecule has 0 bridgehead atoms. The first kappa shape index (κ1) is 12.4. The van der Waals surface area contributed by atoms with E-state index in [-0.39, 0.29) is 5.95 Å². The number of nitrogens with two attached hydrogens (primary N) is 2. The summed E-state index contributed by atoms with van der Waals surface area (Å²) >= 11 is 3.43. The molecule has 0 radical (unpaired) electrons. The van der Waals surface area contributed by atoms with E-state index in [1.165, 1.54) is 0 Å². The quantitative estimate of drug-likeness (QED) is 0.803. The number of methoxy groups -OCH3 is 1. The van der Waals surface area contributed by atoms with Crippen LogP contribution in [0.1, 0.15) is 0 Å². The summed E-state index contributed by atoms with van der Waals surface area (Å²) in [6, 6.07) is 7.15. The Morgan fingerprint density at radius 2 is 2.00 bits per heavy atom. The number of halogens is 1. The molecule has 2 aromatic rings. The first-order valence-corrected chi connectivity index (χ1v) is 5.88. The molecule has 5 N–H and O–H groups in total. The summed E-state index contributed by atoms with van der Waals surface area (Å²) in [5.41, 5.74) is 11.9. The number of aromatic nitrogens is 2. The number of hydrogen-bond acceptors (Lipinski definition) is 6. The van der Waals surface area contributed by atoms with Gasteiger partial charge in [0.05, 0.1) is 12.8 Å². The molecule has 2 rings (SSSR count). The molecule has 18 heavy (non-hydrogen) atoms. The van der Waals surface area contributed by atoms with E-state index in [2.05, 4.69) is 31.2 Å². The van der Waals surface area contributed by atoms with Crippen molar-refractivity contribution in [1.29, 1.82) is 0 Å². The maximum Gasteiger partial charge on any atom is 0.223 e. The van der Waals surface area contributed by atoms with E-state index >= 15 is 0 Å². The highest BCUT2D eigenvalue weighted by atomic mass is 79.9. The summed E-state index contributed by atoms with van der Waals surface area (Å²) in [5, 5.41) is 3.09. The van der Waals surface area contributed by atoms with E-state index in [4.69, 9.17) is 16.2 Å². The fourth-order valence-corrected chi connectivity index (χ4v) is 1.76. The Kier molecular flexibility index (Phi) is 3.52. The van der Waals surface area contributed by atoms with Gasteiger partial charge in [-0.15, -0.1) is 0 Å². The van der Waals surface area contributed by atoms with Crippen LogP contribution < -0.4 is 21.5 Å². The summed E-state index contributed by atoms with van der Waals surface area (Å²) in [6.07, 6.45) is 0. The number of nitrogens with one attached hydrogen (secondary N) is 1. The van der Waals surface area contributed by atoms with Crippen LogP contribution in [0.3, 0.4) is 0 Å². The van der Waals surface area contributed by atoms with Gasteiger partial charge >= 0.3 is 0 Å². The second-order valence-corrected chi connectivity index (χ2v) is 4.36. The van der Waals surface area contributed by atoms with Crippen LogP contribution in [0, 0.1) is 0 Å². The maximum absolute atomic E-state index is 5.60. The first-order chi connectivity index (χ1) is 8.58. The van der Waals surface area contributed by atoms with Crippen LogP contribution in [-0.4, -0.2) is 17.1 Å². The molecule has 0 saturated carbocycles. The van der Waals surface area contributed by atoms with Crippen molar-refractivity contribution >= 4 is 39.2 Å². The highest BCUT2D eigenvalue weighted by molar-refractivity contribution is 9.10. The highest BCUT2D eigenvalue weighted by Gasteiger charge is 2.05. The van der Waals surface area contributed by atoms with Crippen molar-refractivity contribution in [3.05, 3.63) is 28.7 Å². The van der Waals surface area contributed by atoms with Crippen LogP contribution in [0.5, 0.6) is 5.75 Å². The molecular weight excluding hydrogens is 298 g/mol. The average Bonchev–Trinajstić information content (AvgIpc) is 2.30. The largest absolute Gasteiger partial charge is 0.497 e. The van der Waals surface area contributed by atoms with E-state index in [0.29, 0.717) is 11.6 Å². The molecule has 7 heteroatoms. The smallest absolute Gasteiger partial charge is 0.223 e. The predicted molar refractivity (Wildman–Crippen MR) is 74.8 cm³/mol. The molecule has 0 atom stereocenters. The zero-order chi connectivity index (χ0) is 13.1. The Morgan fingerprint density at radius 3 is 2.67 bits per heavy atom. The van der Waals surface area contributed by atoms with Gasteiger partial charge in [-0.2, -0.15) is 9.97 Å². The Balaban J connectivity index is 2.33. The summed E-state index contributed by atoms with van der Waals surface area (Å²) in [7, 11) is 1.60. The number of ether oxygens (including phenoxy) is 1. The number of hydrogen-bond donors (Lipinski definition) is 3. The van der Waals surface area contributed by atoms with Crippen molar-refractivity contribution in [3.8, 4) is 5.75 Å². The second-order valence-electron chi connectivity index (χ2n) is 3.51. The number of anilines is 4. The van der Waals surface area contributed by atoms with Gasteiger partial charge in [0.1, 0.15) is 17.4 Å². The van der Waals surface area contributed by atoms with Crippen LogP contribution in [0.2, 0.25) is 0 Å². The Labute approximate surface area is 113 Å². The molecule has 94 valence electrons. The van der Waals surface area contributed by atoms with Gasteiger partial charge in [-0.05, 0) is 28.1 Å². The molecule has 0 unspecified atom stereocenters. The van der Waals surface area contributed by atoms with Crippen molar-refractivity contribution in [3.63, 3.8) is 0 Å². The van der Waals surface area contributed by atoms with Gasteiger partial charge in [-0.25, -0.2) is 0 Å². The van der Waals surface area contributed by atoms with E-state index in [9.17, 15) is 0 Å². The summed E-state index contributed by atoms with van der Waals surface area (Å²) in [6.45, 7) is 0. The molecular formula is C11H12BrN5O. The molecule has 0 fully saturated rings. The molecule has 0 amide bonds. The second kappa shape index (κ2) is 5.09. The molecule has 0 aliphatic heterocycles. The van der Waals surface area contributed by atoms with Gasteiger partial charge in [0.25, 0.3) is 0 Å². The molecule has 6 nitrogen and oxygen atoms in total. The van der Waals surface area contributed by atoms with Crippen molar-refractivity contribution in [2.75, 3.05) is 23.9 Å². The lowest BCUT2D eigenvalue weighted by molar-refractivity contribution is 0.415. The SMILES string of the molecule is COc1ccc(Br)c(Nc2cc(N)nc(N)n2)c1. The van der Waals surface area contributed by atoms with Crippen molar-refractivity contribution < 1.29 is 4.74 Å². The van der Waals surface area contributed by atoms with Crippen molar-refractivity contribution in [2.24, 2.45) is 0 Å². The summed E-state index contributed by atoms with van der Waals surface area (Å²) in [4.78, 5) is 7.84. The van der Waals surface area contributed by atoms with Crippen LogP contribution in [-0.2, 0) is 0 Å². The molecule has 0 spiro atoms. The van der Waals surface area contributed by atoms with Gasteiger partial charge in [0.2, 0.25) is 5.95 Å². The van der Waals surface area contributed by atoms with E-state index < -0.39 is 0 Å². The fourth-order valence-electron chi connectivity index (χ4n) is 1.41. The van der Waals surface area contributed by atoms with Gasteiger partial charge < -0.3 is 21.5 Å². The monoisotopic (exact) mass is 309 g/mol. The van der Waals surface area contributed by atoms with E-state index in [1.807, 2.05) is 18.2 Å². The molecule has 1 aromatic carbocycles. The predicted octanol–water partition coefficient (Wildman–Crippen LogP) is 2.16. The molecule has 1 aromatic heterocycles. The number of nitrogens with zero attached hydrogens (tertiary/aromatic N) is 2. The third-order valence-corrected chi connectivity index (χ3v) is 2.89. The Bertz CT molecular complexity index is 555. The van der Waals surface area contributed by atoms with Gasteiger partial charge in [-0.1, -0.05) is 0 Å². The number of benzene rings is 1. The summed E-state index contributed by atoms with van der Waals surface area (Å²) in [5.74, 6) is 1.69. The van der Waals surface area contributed by atoms with Crippen LogP contribution in [0.25, 0.3) is 0 Å². The number of nitrogen functional groups attached to an aromatic ring is 2. The topological polar surface area (TPSA) is 99.1 Å². The highest BCUT2D eigenvalue weighted by Crippen LogP contribution is 2.29. The Morgan fingerprint density at radius 1 is 1.22 bits per heavy atom. The lowest BCUT2D eigenvalue weighted by Crippen LogP contribution is -2.03. The zero-order valence-electron chi connectivity index (χ0n) is 9.64. The third-order valence-electron chi connectivity index (χ3n) is 2.20. The van der Waals surface area contributed by atoms with Gasteiger partial charge in [0, 0.05) is 16.6 Å². The van der Waals surface area contributed by atoms with Crippen LogP contribution >= 0.6 is 15.9 Å². The van der Waals surface area contributed by atoms with Gasteiger partial charge in [-0.3, -0.25) is 0 Å². The van der Waals surface area contributed by atoms with E-state index in [0.717, 1.165) is 15.9 Å². The Hall–Kier alpha value is -2.02. The molecule has 0 aliphatic carbocycles. The molecule has 0 aliphatic rings. The first-order valence-electron chi connectivity index (χ1n) is 5.09. The fraction of sp³-hybridized carbons (Fsp3) is 0.0909. The molecule has 0 saturated heterocycles. The van der Waals surface area contributed by atoms with Gasteiger partial charge in [0.15, 0.2) is 0 Å². The normalized spacial score (nSPS) is 10.1. The molecule has 1 heterocycles. The van der Waals surface area contributed by atoms with Crippen LogP contribution in [0.4, 0.5) is 23.3 Å². The zero-order valence-corrected chi connectivity index (χ0v) is 11.2. The number of rotatable bonds is 3. The average molecular weight is 310 g/mol. The van der Waals surface area contributed by atoms with Crippen molar-refractivity contribution in [1.82, 2.24) is 9.97 Å². The van der Waals surface area contributed by atoms with E-state index in [1.54, 1.807) is 13.2 Å². The minimum absolute atomic E-state index is 0.122. The third kappa shape index (κ3) is 2.80. The van der Waals surface area contributed by atoms with Crippen molar-refractivity contribution in [2.45, 2.75) is 0 Å². The minimum atomic E-state index is 0.122. The standard InChI is InChI=1S/C11H12BrN5O/c1-18-6-2-3-7(12)8(4-6)15-10-5-9(13)16-11(14)17-10/h2-5H,1H3,(H5,13,14,15,16,17). The lowest BCUT2D eigenvalue weighted by Gasteiger charge is -2.10. The minimum Gasteiger partial charge on any atom is -0.497 e. The summed E-state index contributed by atoms with van der Waals surface area (Å²) < 4.78 is 6.03. The maximum atomic E-state index is 5.60. The van der Waals surface area contributed by atoms with Crippen LogP contribution in [0.15, 0.2) is 28.7 Å².